The number of hydrogen-bond acceptors (Lipinski definition) is 2. The van der Waals surface area contributed by atoms with Crippen molar-refractivity contribution in [3.05, 3.63) is 0 Å². The Hall–Kier alpha value is -0.570. The smallest absolute Gasteiger partial charge is 0.237 e. The van der Waals surface area contributed by atoms with Gasteiger partial charge in [0.05, 0.1) is 6.04 Å². The molecule has 1 amide bonds. The van der Waals surface area contributed by atoms with Gasteiger partial charge < -0.3 is 10.6 Å². The van der Waals surface area contributed by atoms with Gasteiger partial charge in [-0.15, -0.1) is 0 Å². The zero-order chi connectivity index (χ0) is 13.9. The Balaban J connectivity index is 2.44. The molecule has 0 aromatic rings. The molecular weight excluding hydrogens is 224 g/mol. The highest BCUT2D eigenvalue weighted by molar-refractivity contribution is 5.81. The van der Waals surface area contributed by atoms with E-state index in [9.17, 15) is 4.79 Å². The topological polar surface area (TPSA) is 41.1 Å². The summed E-state index contributed by atoms with van der Waals surface area (Å²) in [6, 6.07) is 0.381. The van der Waals surface area contributed by atoms with Crippen LogP contribution >= 0.6 is 0 Å². The summed E-state index contributed by atoms with van der Waals surface area (Å²) in [5.41, 5.74) is -0.153. The van der Waals surface area contributed by atoms with Gasteiger partial charge in [-0.05, 0) is 58.8 Å². The van der Waals surface area contributed by atoms with Crippen LogP contribution in [0.25, 0.3) is 0 Å². The first-order valence-electron chi connectivity index (χ1n) is 7.27. The molecule has 4 unspecified atom stereocenters. The fraction of sp³-hybridized carbons (Fsp3) is 0.933. The third-order valence-electron chi connectivity index (χ3n) is 3.79. The van der Waals surface area contributed by atoms with Gasteiger partial charge in [0.15, 0.2) is 0 Å². The van der Waals surface area contributed by atoms with Crippen molar-refractivity contribution in [1.29, 1.82) is 0 Å². The second-order valence-electron chi connectivity index (χ2n) is 7.13. The van der Waals surface area contributed by atoms with Gasteiger partial charge in [0.2, 0.25) is 5.91 Å². The minimum Gasteiger partial charge on any atom is -0.350 e. The molecule has 2 N–H and O–H groups in total. The van der Waals surface area contributed by atoms with Crippen LogP contribution in [0.5, 0.6) is 0 Å². The lowest BCUT2D eigenvalue weighted by Gasteiger charge is -2.35. The number of nitrogens with one attached hydrogen (secondary N) is 2. The van der Waals surface area contributed by atoms with Crippen LogP contribution in [0.15, 0.2) is 0 Å². The molecule has 0 heterocycles. The molecule has 0 aliphatic heterocycles. The maximum absolute atomic E-state index is 12.0. The summed E-state index contributed by atoms with van der Waals surface area (Å²) in [7, 11) is 0. The molecule has 106 valence electrons. The molecule has 3 heteroatoms. The molecular formula is C15H30N2O. The first-order valence-corrected chi connectivity index (χ1v) is 7.27. The zero-order valence-corrected chi connectivity index (χ0v) is 12.8. The predicted octanol–water partition coefficient (Wildman–Crippen LogP) is 2.70. The van der Waals surface area contributed by atoms with Crippen molar-refractivity contribution in [1.82, 2.24) is 10.6 Å². The molecule has 0 aromatic carbocycles. The van der Waals surface area contributed by atoms with Crippen molar-refractivity contribution < 1.29 is 4.79 Å². The van der Waals surface area contributed by atoms with Crippen molar-refractivity contribution in [2.24, 2.45) is 11.8 Å². The Morgan fingerprint density at radius 3 is 2.33 bits per heavy atom. The maximum atomic E-state index is 12.0. The lowest BCUT2D eigenvalue weighted by molar-refractivity contribution is -0.124. The molecule has 1 rings (SSSR count). The van der Waals surface area contributed by atoms with Gasteiger partial charge in [0.1, 0.15) is 0 Å². The highest BCUT2D eigenvalue weighted by Crippen LogP contribution is 2.28. The van der Waals surface area contributed by atoms with Gasteiger partial charge in [-0.3, -0.25) is 4.79 Å². The second kappa shape index (κ2) is 6.05. The van der Waals surface area contributed by atoms with E-state index in [2.05, 4.69) is 24.5 Å². The summed E-state index contributed by atoms with van der Waals surface area (Å²) >= 11 is 0. The molecule has 1 fully saturated rings. The van der Waals surface area contributed by atoms with E-state index in [0.717, 1.165) is 5.92 Å². The second-order valence-corrected chi connectivity index (χ2v) is 7.13. The first kappa shape index (κ1) is 15.5. The highest BCUT2D eigenvalue weighted by atomic mass is 16.2. The van der Waals surface area contributed by atoms with Gasteiger partial charge in [-0.1, -0.05) is 13.8 Å². The van der Waals surface area contributed by atoms with Crippen LogP contribution in [0.1, 0.15) is 60.8 Å². The number of hydrogen-bond donors (Lipinski definition) is 2. The van der Waals surface area contributed by atoms with Gasteiger partial charge in [-0.25, -0.2) is 0 Å². The summed E-state index contributed by atoms with van der Waals surface area (Å²) < 4.78 is 0. The largest absolute Gasteiger partial charge is 0.350 e. The van der Waals surface area contributed by atoms with E-state index in [4.69, 9.17) is 0 Å². The van der Waals surface area contributed by atoms with E-state index in [1.165, 1.54) is 19.3 Å². The van der Waals surface area contributed by atoms with E-state index in [0.29, 0.717) is 12.0 Å². The molecule has 0 radical (unpaired) electrons. The SMILES string of the molecule is CC1CCC(NC(C)C(=O)NC(C)(C)C)C(C)C1. The minimum absolute atomic E-state index is 0.105. The zero-order valence-electron chi connectivity index (χ0n) is 12.8. The maximum Gasteiger partial charge on any atom is 0.237 e. The fourth-order valence-corrected chi connectivity index (χ4v) is 2.79. The molecule has 1 saturated carbocycles. The van der Waals surface area contributed by atoms with Crippen LogP contribution in [0, 0.1) is 11.8 Å². The molecule has 4 atom stereocenters. The Morgan fingerprint density at radius 1 is 1.22 bits per heavy atom. The van der Waals surface area contributed by atoms with Gasteiger partial charge in [-0.2, -0.15) is 0 Å². The van der Waals surface area contributed by atoms with E-state index in [1.807, 2.05) is 27.7 Å². The van der Waals surface area contributed by atoms with Crippen LogP contribution in [0.3, 0.4) is 0 Å². The predicted molar refractivity (Wildman–Crippen MR) is 76.5 cm³/mol. The van der Waals surface area contributed by atoms with E-state index in [1.54, 1.807) is 0 Å². The summed E-state index contributed by atoms with van der Waals surface area (Å²) in [6.45, 7) is 12.6. The monoisotopic (exact) mass is 254 g/mol. The van der Waals surface area contributed by atoms with E-state index < -0.39 is 0 Å². The third kappa shape index (κ3) is 4.97. The first-order chi connectivity index (χ1) is 8.19. The number of amides is 1. The van der Waals surface area contributed by atoms with Crippen molar-refractivity contribution in [2.45, 2.75) is 78.4 Å². The molecule has 1 aliphatic carbocycles. The van der Waals surface area contributed by atoms with Gasteiger partial charge in [0.25, 0.3) is 0 Å². The molecule has 1 aliphatic rings. The molecule has 0 aromatic heterocycles. The fourth-order valence-electron chi connectivity index (χ4n) is 2.79. The molecule has 0 spiro atoms. The molecule has 3 nitrogen and oxygen atoms in total. The van der Waals surface area contributed by atoms with Crippen LogP contribution in [-0.4, -0.2) is 23.5 Å². The van der Waals surface area contributed by atoms with Gasteiger partial charge in [0, 0.05) is 11.6 Å². The lowest BCUT2D eigenvalue weighted by Crippen LogP contribution is -2.53. The minimum atomic E-state index is -0.153. The average molecular weight is 254 g/mol. The van der Waals surface area contributed by atoms with Gasteiger partial charge >= 0.3 is 0 Å². The van der Waals surface area contributed by atoms with Crippen molar-refractivity contribution in [3.8, 4) is 0 Å². The Bertz CT molecular complexity index is 283. The van der Waals surface area contributed by atoms with E-state index in [-0.39, 0.29) is 17.5 Å². The Kier molecular flexibility index (Phi) is 5.20. The van der Waals surface area contributed by atoms with Crippen molar-refractivity contribution in [2.75, 3.05) is 0 Å². The summed E-state index contributed by atoms with van der Waals surface area (Å²) in [5, 5.41) is 6.53. The summed E-state index contributed by atoms with van der Waals surface area (Å²) in [4.78, 5) is 12.0. The average Bonchev–Trinajstić information content (AvgIpc) is 2.19. The van der Waals surface area contributed by atoms with Crippen LogP contribution in [0.2, 0.25) is 0 Å². The van der Waals surface area contributed by atoms with Crippen molar-refractivity contribution >= 4 is 5.91 Å². The van der Waals surface area contributed by atoms with Crippen LogP contribution in [0.4, 0.5) is 0 Å². The normalized spacial score (nSPS) is 30.9. The molecule has 0 saturated heterocycles. The number of carbonyl (C=O) groups is 1. The third-order valence-corrected chi connectivity index (χ3v) is 3.79. The summed E-state index contributed by atoms with van der Waals surface area (Å²) in [5.74, 6) is 1.60. The Labute approximate surface area is 112 Å². The number of rotatable bonds is 3. The lowest BCUT2D eigenvalue weighted by atomic mass is 9.79. The highest BCUT2D eigenvalue weighted by Gasteiger charge is 2.28. The van der Waals surface area contributed by atoms with Crippen LogP contribution in [-0.2, 0) is 4.79 Å². The molecule has 0 bridgehead atoms. The number of carbonyl (C=O) groups excluding carboxylic acids is 1. The summed E-state index contributed by atoms with van der Waals surface area (Å²) in [6.07, 6.45) is 3.73. The van der Waals surface area contributed by atoms with Crippen molar-refractivity contribution in [3.63, 3.8) is 0 Å². The van der Waals surface area contributed by atoms with E-state index >= 15 is 0 Å². The standard InChI is InChI=1S/C15H30N2O/c1-10-7-8-13(11(2)9-10)16-12(3)14(18)17-15(4,5)6/h10-13,16H,7-9H2,1-6H3,(H,17,18). The molecule has 18 heavy (non-hydrogen) atoms. The quantitative estimate of drug-likeness (QED) is 0.813. The Morgan fingerprint density at radius 2 is 1.83 bits per heavy atom. The van der Waals surface area contributed by atoms with Crippen LogP contribution < -0.4 is 10.6 Å².